The first-order valence-corrected chi connectivity index (χ1v) is 3.43. The average Bonchev–Trinajstić information content (AvgIpc) is 2.63. The Morgan fingerprint density at radius 3 is 3.00 bits per heavy atom. The van der Waals surface area contributed by atoms with Gasteiger partial charge in [0.25, 0.3) is 0 Å². The minimum absolute atomic E-state index is 0.177. The minimum Gasteiger partial charge on any atom is -0.340 e. The van der Waals surface area contributed by atoms with Crippen LogP contribution in [0.15, 0.2) is 6.33 Å². The molecule has 2 aromatic heterocycles. The topological polar surface area (TPSA) is 125 Å². The van der Waals surface area contributed by atoms with Crippen LogP contribution in [0.3, 0.4) is 0 Å². The van der Waals surface area contributed by atoms with Crippen molar-refractivity contribution in [1.82, 2.24) is 19.9 Å². The normalized spacial score (nSPS) is 10.3. The molecule has 6 N–H and O–H groups in total. The van der Waals surface area contributed by atoms with Gasteiger partial charge in [-0.05, 0) is 0 Å². The van der Waals surface area contributed by atoms with Crippen molar-refractivity contribution in [3.8, 4) is 0 Å². The minimum atomic E-state index is 0.177. The van der Waals surface area contributed by atoms with Crippen molar-refractivity contribution in [1.29, 1.82) is 0 Å². The molecule has 8 heteroatoms. The van der Waals surface area contributed by atoms with E-state index in [4.69, 9.17) is 11.0 Å². The summed E-state index contributed by atoms with van der Waals surface area (Å²) in [6.45, 7) is 0. The summed E-state index contributed by atoms with van der Waals surface area (Å²) in [6.07, 6.45) is 1.44. The predicted molar refractivity (Wildman–Crippen MR) is 44.9 cm³/mol. The maximum Gasteiger partial charge on any atom is 0.241 e. The number of nitrogens with two attached hydrogens (primary N) is 1. The van der Waals surface area contributed by atoms with Crippen LogP contribution in [-0.4, -0.2) is 25.1 Å². The summed E-state index contributed by atoms with van der Waals surface area (Å²) < 4.78 is 0. The van der Waals surface area contributed by atoms with Gasteiger partial charge in [-0.25, -0.2) is 10.8 Å². The smallest absolute Gasteiger partial charge is 0.241 e. The molecule has 2 aromatic rings. The highest BCUT2D eigenvalue weighted by Gasteiger charge is 2.07. The standard InChI is InChI=1S/C5H7N7O/c6-11-5-9-3-2(7-1-8-3)4(10-5)12-13/h1,13H,6H2,(H3,7,8,9,10,11,12). The van der Waals surface area contributed by atoms with Crippen LogP contribution >= 0.6 is 0 Å². The largest absolute Gasteiger partial charge is 0.340 e. The van der Waals surface area contributed by atoms with Crippen molar-refractivity contribution in [2.24, 2.45) is 5.84 Å². The second-order valence-corrected chi connectivity index (χ2v) is 2.25. The molecule has 0 saturated heterocycles. The Hall–Kier alpha value is -1.93. The van der Waals surface area contributed by atoms with Crippen molar-refractivity contribution in [3.63, 3.8) is 0 Å². The second kappa shape index (κ2) is 2.84. The summed E-state index contributed by atoms with van der Waals surface area (Å²) in [6, 6.07) is 0. The quantitative estimate of drug-likeness (QED) is 0.310. The number of nitrogen functional groups attached to an aromatic ring is 1. The van der Waals surface area contributed by atoms with E-state index in [-0.39, 0.29) is 11.8 Å². The molecule has 0 fully saturated rings. The first-order valence-electron chi connectivity index (χ1n) is 3.43. The second-order valence-electron chi connectivity index (χ2n) is 2.25. The Morgan fingerprint density at radius 2 is 2.31 bits per heavy atom. The van der Waals surface area contributed by atoms with E-state index < -0.39 is 0 Å². The average molecular weight is 181 g/mol. The van der Waals surface area contributed by atoms with E-state index in [1.165, 1.54) is 6.33 Å². The Kier molecular flexibility index (Phi) is 1.69. The number of aromatic amines is 1. The van der Waals surface area contributed by atoms with E-state index in [1.807, 2.05) is 5.48 Å². The SMILES string of the molecule is NNc1nc(NO)c2[nH]cnc2n1. The maximum atomic E-state index is 8.72. The summed E-state index contributed by atoms with van der Waals surface area (Å²) in [4.78, 5) is 14.4. The van der Waals surface area contributed by atoms with Gasteiger partial charge >= 0.3 is 0 Å². The zero-order valence-corrected chi connectivity index (χ0v) is 6.44. The molecule has 0 aliphatic heterocycles. The molecule has 0 aromatic carbocycles. The van der Waals surface area contributed by atoms with Crippen LogP contribution in [0.5, 0.6) is 0 Å². The number of nitrogens with one attached hydrogen (secondary N) is 3. The number of H-pyrrole nitrogens is 1. The first-order chi connectivity index (χ1) is 6.35. The number of fused-ring (bicyclic) bond motifs is 1. The molecule has 0 saturated carbocycles. The molecular formula is C5H7N7O. The summed E-state index contributed by atoms with van der Waals surface area (Å²) in [5, 5.41) is 8.72. The van der Waals surface area contributed by atoms with Gasteiger partial charge in [0, 0.05) is 0 Å². The molecule has 0 spiro atoms. The molecule has 0 aliphatic carbocycles. The Labute approximate surface area is 72.1 Å². The molecule has 2 heterocycles. The van der Waals surface area contributed by atoms with Gasteiger partial charge < -0.3 is 4.98 Å². The highest BCUT2D eigenvalue weighted by atomic mass is 16.5. The molecule has 0 bridgehead atoms. The number of hydrazine groups is 1. The monoisotopic (exact) mass is 181 g/mol. The maximum absolute atomic E-state index is 8.72. The van der Waals surface area contributed by atoms with Gasteiger partial charge in [0.15, 0.2) is 11.5 Å². The summed E-state index contributed by atoms with van der Waals surface area (Å²) in [5.41, 5.74) is 5.10. The van der Waals surface area contributed by atoms with E-state index in [0.717, 1.165) is 0 Å². The zero-order chi connectivity index (χ0) is 9.26. The van der Waals surface area contributed by atoms with Crippen LogP contribution in [-0.2, 0) is 0 Å². The Morgan fingerprint density at radius 1 is 1.46 bits per heavy atom. The van der Waals surface area contributed by atoms with Crippen molar-refractivity contribution >= 4 is 22.9 Å². The fourth-order valence-corrected chi connectivity index (χ4v) is 0.979. The molecule has 2 rings (SSSR count). The highest BCUT2D eigenvalue weighted by molar-refractivity contribution is 5.82. The number of hydrogen-bond donors (Lipinski definition) is 5. The fraction of sp³-hybridized carbons (Fsp3) is 0. The molecule has 0 amide bonds. The molecule has 68 valence electrons. The van der Waals surface area contributed by atoms with Crippen LogP contribution in [0.2, 0.25) is 0 Å². The summed E-state index contributed by atoms with van der Waals surface area (Å²) >= 11 is 0. The van der Waals surface area contributed by atoms with Gasteiger partial charge in [0.1, 0.15) is 5.52 Å². The number of anilines is 2. The lowest BCUT2D eigenvalue weighted by Crippen LogP contribution is -2.11. The molecule has 8 nitrogen and oxygen atoms in total. The molecule has 13 heavy (non-hydrogen) atoms. The molecule has 0 unspecified atom stereocenters. The predicted octanol–water partition coefficient (Wildman–Crippen LogP) is -0.560. The van der Waals surface area contributed by atoms with E-state index in [2.05, 4.69) is 25.4 Å². The van der Waals surface area contributed by atoms with Gasteiger partial charge in [-0.15, -0.1) is 0 Å². The lowest BCUT2D eigenvalue weighted by atomic mass is 10.5. The van der Waals surface area contributed by atoms with Crippen molar-refractivity contribution in [2.45, 2.75) is 0 Å². The third-order valence-corrected chi connectivity index (χ3v) is 1.52. The number of rotatable bonds is 2. The number of imidazole rings is 1. The van der Waals surface area contributed by atoms with Gasteiger partial charge in [0.05, 0.1) is 6.33 Å². The van der Waals surface area contributed by atoms with Gasteiger partial charge in [-0.3, -0.25) is 16.1 Å². The van der Waals surface area contributed by atoms with Crippen LogP contribution < -0.4 is 16.7 Å². The zero-order valence-electron chi connectivity index (χ0n) is 6.44. The number of hydrogen-bond acceptors (Lipinski definition) is 7. The van der Waals surface area contributed by atoms with Crippen LogP contribution in [0.1, 0.15) is 0 Å². The molecular weight excluding hydrogens is 174 g/mol. The van der Waals surface area contributed by atoms with Crippen molar-refractivity contribution in [3.05, 3.63) is 6.33 Å². The van der Waals surface area contributed by atoms with E-state index >= 15 is 0 Å². The summed E-state index contributed by atoms with van der Waals surface area (Å²) in [5.74, 6) is 5.51. The van der Waals surface area contributed by atoms with Crippen LogP contribution in [0.4, 0.5) is 11.8 Å². The van der Waals surface area contributed by atoms with Gasteiger partial charge in [-0.1, -0.05) is 0 Å². The molecule has 0 atom stereocenters. The van der Waals surface area contributed by atoms with Crippen LogP contribution in [0, 0.1) is 0 Å². The number of nitrogens with zero attached hydrogens (tertiary/aromatic N) is 3. The lowest BCUT2D eigenvalue weighted by molar-refractivity contribution is 0.387. The van der Waals surface area contributed by atoms with Crippen LogP contribution in [0.25, 0.3) is 11.2 Å². The third kappa shape index (κ3) is 1.13. The third-order valence-electron chi connectivity index (χ3n) is 1.52. The first kappa shape index (κ1) is 7.71. The van der Waals surface area contributed by atoms with E-state index in [1.54, 1.807) is 0 Å². The summed E-state index contributed by atoms with van der Waals surface area (Å²) in [7, 11) is 0. The van der Waals surface area contributed by atoms with E-state index in [0.29, 0.717) is 11.2 Å². The number of aromatic nitrogens is 4. The van der Waals surface area contributed by atoms with Crippen molar-refractivity contribution < 1.29 is 5.21 Å². The van der Waals surface area contributed by atoms with Crippen molar-refractivity contribution in [2.75, 3.05) is 10.9 Å². The Balaban J connectivity index is 2.70. The Bertz CT molecular complexity index is 424. The fourth-order valence-electron chi connectivity index (χ4n) is 0.979. The van der Waals surface area contributed by atoms with E-state index in [9.17, 15) is 0 Å². The van der Waals surface area contributed by atoms with Gasteiger partial charge in [0.2, 0.25) is 5.95 Å². The van der Waals surface area contributed by atoms with Gasteiger partial charge in [-0.2, -0.15) is 9.97 Å². The molecule has 0 aliphatic rings. The lowest BCUT2D eigenvalue weighted by Gasteiger charge is -2.01. The highest BCUT2D eigenvalue weighted by Crippen LogP contribution is 2.16. The molecule has 0 radical (unpaired) electrons.